The maximum atomic E-state index is 12.4. The summed E-state index contributed by atoms with van der Waals surface area (Å²) in [5, 5.41) is 3.37. The summed E-state index contributed by atoms with van der Waals surface area (Å²) < 4.78 is 43.6. The Balaban J connectivity index is 2.09. The van der Waals surface area contributed by atoms with Gasteiger partial charge in [-0.05, 0) is 6.07 Å². The Kier molecular flexibility index (Phi) is 3.17. The van der Waals surface area contributed by atoms with E-state index in [-0.39, 0.29) is 6.61 Å². The van der Waals surface area contributed by atoms with E-state index in [2.05, 4.69) is 15.1 Å². The zero-order chi connectivity index (χ0) is 13.2. The van der Waals surface area contributed by atoms with Crippen LogP contribution in [0.3, 0.4) is 0 Å². The Morgan fingerprint density at radius 1 is 1.39 bits per heavy atom. The Labute approximate surface area is 100 Å². The number of hydrogen-bond acceptors (Lipinski definition) is 4. The molecule has 0 radical (unpaired) electrons. The van der Waals surface area contributed by atoms with Crippen LogP contribution in [0.4, 0.5) is 13.2 Å². The van der Waals surface area contributed by atoms with Crippen molar-refractivity contribution in [1.82, 2.24) is 19.7 Å². The standard InChI is InChI=1S/C10H9F3N4O/c1-17-7(4-8(16-17)10(11,12)13)5-18-9-2-3-14-6-15-9/h2-4,6H,5H2,1H3. The number of ether oxygens (including phenoxy) is 1. The van der Waals surface area contributed by atoms with Crippen LogP contribution in [0.5, 0.6) is 5.88 Å². The summed E-state index contributed by atoms with van der Waals surface area (Å²) in [7, 11) is 1.42. The van der Waals surface area contributed by atoms with Crippen molar-refractivity contribution in [3.63, 3.8) is 0 Å². The van der Waals surface area contributed by atoms with E-state index in [0.29, 0.717) is 11.6 Å². The summed E-state index contributed by atoms with van der Waals surface area (Å²) in [5.41, 5.74) is -0.632. The Morgan fingerprint density at radius 3 is 2.72 bits per heavy atom. The van der Waals surface area contributed by atoms with E-state index in [1.807, 2.05) is 0 Å². The van der Waals surface area contributed by atoms with E-state index >= 15 is 0 Å². The fourth-order valence-electron chi connectivity index (χ4n) is 1.29. The van der Waals surface area contributed by atoms with Crippen LogP contribution < -0.4 is 4.74 Å². The topological polar surface area (TPSA) is 52.8 Å². The average molecular weight is 258 g/mol. The summed E-state index contributed by atoms with van der Waals surface area (Å²) >= 11 is 0. The molecule has 0 saturated heterocycles. The van der Waals surface area contributed by atoms with Crippen molar-refractivity contribution in [1.29, 1.82) is 0 Å². The second-order valence-corrected chi connectivity index (χ2v) is 3.48. The monoisotopic (exact) mass is 258 g/mol. The van der Waals surface area contributed by atoms with Crippen molar-refractivity contribution in [2.75, 3.05) is 0 Å². The summed E-state index contributed by atoms with van der Waals surface area (Å²) in [4.78, 5) is 7.49. The van der Waals surface area contributed by atoms with Crippen molar-refractivity contribution < 1.29 is 17.9 Å². The van der Waals surface area contributed by atoms with Crippen LogP contribution >= 0.6 is 0 Å². The van der Waals surface area contributed by atoms with Gasteiger partial charge in [0.15, 0.2) is 5.69 Å². The van der Waals surface area contributed by atoms with E-state index in [4.69, 9.17) is 4.74 Å². The molecule has 0 saturated carbocycles. The molecule has 0 N–H and O–H groups in total. The predicted molar refractivity (Wildman–Crippen MR) is 54.6 cm³/mol. The molecule has 0 aliphatic heterocycles. The number of hydrogen-bond donors (Lipinski definition) is 0. The van der Waals surface area contributed by atoms with Gasteiger partial charge in [-0.15, -0.1) is 0 Å². The highest BCUT2D eigenvalue weighted by Gasteiger charge is 2.34. The second kappa shape index (κ2) is 4.63. The minimum atomic E-state index is -4.45. The van der Waals surface area contributed by atoms with Gasteiger partial charge < -0.3 is 4.74 Å². The zero-order valence-electron chi connectivity index (χ0n) is 9.35. The molecule has 2 rings (SSSR count). The SMILES string of the molecule is Cn1nc(C(F)(F)F)cc1COc1ccncn1. The van der Waals surface area contributed by atoms with Gasteiger partial charge in [0, 0.05) is 19.3 Å². The van der Waals surface area contributed by atoms with Crippen LogP contribution in [0, 0.1) is 0 Å². The molecule has 96 valence electrons. The molecule has 2 aromatic heterocycles. The molecule has 18 heavy (non-hydrogen) atoms. The Bertz CT molecular complexity index is 524. The van der Waals surface area contributed by atoms with Gasteiger partial charge in [0.05, 0.1) is 5.69 Å². The molecular formula is C10H9F3N4O. The second-order valence-electron chi connectivity index (χ2n) is 3.48. The zero-order valence-corrected chi connectivity index (χ0v) is 9.35. The van der Waals surface area contributed by atoms with Gasteiger partial charge in [-0.25, -0.2) is 9.97 Å². The number of alkyl halides is 3. The van der Waals surface area contributed by atoms with Gasteiger partial charge in [-0.2, -0.15) is 18.3 Å². The smallest absolute Gasteiger partial charge is 0.435 e. The molecule has 0 atom stereocenters. The molecule has 0 spiro atoms. The van der Waals surface area contributed by atoms with E-state index in [9.17, 15) is 13.2 Å². The lowest BCUT2D eigenvalue weighted by atomic mass is 10.3. The minimum Gasteiger partial charge on any atom is -0.471 e. The first-order valence-electron chi connectivity index (χ1n) is 4.96. The van der Waals surface area contributed by atoms with Gasteiger partial charge in [0.25, 0.3) is 0 Å². The third kappa shape index (κ3) is 2.76. The van der Waals surface area contributed by atoms with Crippen LogP contribution in [0.15, 0.2) is 24.7 Å². The van der Waals surface area contributed by atoms with Crippen molar-refractivity contribution in [2.24, 2.45) is 7.05 Å². The van der Waals surface area contributed by atoms with Gasteiger partial charge in [-0.1, -0.05) is 0 Å². The number of aryl methyl sites for hydroxylation is 1. The van der Waals surface area contributed by atoms with Gasteiger partial charge >= 0.3 is 6.18 Å². The van der Waals surface area contributed by atoms with E-state index in [1.165, 1.54) is 25.6 Å². The highest BCUT2D eigenvalue weighted by Crippen LogP contribution is 2.28. The molecular weight excluding hydrogens is 249 g/mol. The highest BCUT2D eigenvalue weighted by molar-refractivity contribution is 5.13. The summed E-state index contributed by atoms with van der Waals surface area (Å²) in [5.74, 6) is 0.291. The first kappa shape index (κ1) is 12.3. The number of rotatable bonds is 3. The third-order valence-corrected chi connectivity index (χ3v) is 2.19. The largest absolute Gasteiger partial charge is 0.471 e. The normalized spacial score (nSPS) is 11.6. The molecule has 0 bridgehead atoms. The van der Waals surface area contributed by atoms with Gasteiger partial charge in [0.2, 0.25) is 5.88 Å². The molecule has 2 heterocycles. The van der Waals surface area contributed by atoms with Crippen LogP contribution in [0.1, 0.15) is 11.4 Å². The fourth-order valence-corrected chi connectivity index (χ4v) is 1.29. The minimum absolute atomic E-state index is 0.0450. The molecule has 0 aliphatic carbocycles. The number of nitrogens with zero attached hydrogens (tertiary/aromatic N) is 4. The molecule has 0 aliphatic rings. The molecule has 2 aromatic rings. The first-order chi connectivity index (χ1) is 8.47. The van der Waals surface area contributed by atoms with Crippen molar-refractivity contribution in [3.05, 3.63) is 36.0 Å². The Morgan fingerprint density at radius 2 is 2.17 bits per heavy atom. The van der Waals surface area contributed by atoms with Gasteiger partial charge in [-0.3, -0.25) is 4.68 Å². The quantitative estimate of drug-likeness (QED) is 0.842. The number of halogens is 3. The summed E-state index contributed by atoms with van der Waals surface area (Å²) in [6.07, 6.45) is -1.68. The fraction of sp³-hybridized carbons (Fsp3) is 0.300. The Hall–Kier alpha value is -2.12. The summed E-state index contributed by atoms with van der Waals surface area (Å²) in [6.45, 7) is -0.0450. The lowest BCUT2D eigenvalue weighted by Gasteiger charge is -2.03. The molecule has 0 unspecified atom stereocenters. The van der Waals surface area contributed by atoms with Crippen LogP contribution in [-0.2, 0) is 19.8 Å². The van der Waals surface area contributed by atoms with Gasteiger partial charge in [0.1, 0.15) is 12.9 Å². The summed E-state index contributed by atoms with van der Waals surface area (Å²) in [6, 6.07) is 2.46. The maximum absolute atomic E-state index is 12.4. The van der Waals surface area contributed by atoms with Crippen molar-refractivity contribution >= 4 is 0 Å². The number of aromatic nitrogens is 4. The average Bonchev–Trinajstić information content (AvgIpc) is 2.69. The molecule has 0 fully saturated rings. The predicted octanol–water partition coefficient (Wildman–Crippen LogP) is 1.81. The van der Waals surface area contributed by atoms with Crippen molar-refractivity contribution in [2.45, 2.75) is 12.8 Å². The lowest BCUT2D eigenvalue weighted by molar-refractivity contribution is -0.141. The highest BCUT2D eigenvalue weighted by atomic mass is 19.4. The third-order valence-electron chi connectivity index (χ3n) is 2.19. The maximum Gasteiger partial charge on any atom is 0.435 e. The molecule has 8 heteroatoms. The lowest BCUT2D eigenvalue weighted by Crippen LogP contribution is -2.06. The first-order valence-corrected chi connectivity index (χ1v) is 4.96. The van der Waals surface area contributed by atoms with E-state index in [1.54, 1.807) is 0 Å². The van der Waals surface area contributed by atoms with Crippen LogP contribution in [0.2, 0.25) is 0 Å². The van der Waals surface area contributed by atoms with E-state index < -0.39 is 11.9 Å². The molecule has 0 aromatic carbocycles. The van der Waals surface area contributed by atoms with Crippen LogP contribution in [0.25, 0.3) is 0 Å². The van der Waals surface area contributed by atoms with Crippen LogP contribution in [-0.4, -0.2) is 19.7 Å². The van der Waals surface area contributed by atoms with E-state index in [0.717, 1.165) is 10.7 Å². The van der Waals surface area contributed by atoms with Crippen molar-refractivity contribution in [3.8, 4) is 5.88 Å². The molecule has 5 nitrogen and oxygen atoms in total. The molecule has 0 amide bonds.